The highest BCUT2D eigenvalue weighted by Gasteiger charge is 2.41. The molecule has 3 heteroatoms. The molecule has 1 aliphatic rings. The lowest BCUT2D eigenvalue weighted by Crippen LogP contribution is -2.39. The van der Waals surface area contributed by atoms with Gasteiger partial charge in [0.25, 0.3) is 0 Å². The molecule has 0 saturated carbocycles. The summed E-state index contributed by atoms with van der Waals surface area (Å²) < 4.78 is 0. The largest absolute Gasteiger partial charge is 0.372 e. The van der Waals surface area contributed by atoms with Crippen molar-refractivity contribution in [3.63, 3.8) is 0 Å². The van der Waals surface area contributed by atoms with Crippen LogP contribution in [0, 0.1) is 0 Å². The number of aliphatic hydroxyl groups excluding tert-OH is 1. The highest BCUT2D eigenvalue weighted by molar-refractivity contribution is 4.84. The third-order valence-corrected chi connectivity index (χ3v) is 1.96. The Morgan fingerprint density at radius 1 is 1.67 bits per heavy atom. The quantitative estimate of drug-likeness (QED) is 0.465. The van der Waals surface area contributed by atoms with E-state index in [2.05, 4.69) is 0 Å². The summed E-state index contributed by atoms with van der Waals surface area (Å²) in [6, 6.07) is 0. The second kappa shape index (κ2) is 1.94. The van der Waals surface area contributed by atoms with E-state index in [0.29, 0.717) is 0 Å². The minimum absolute atomic E-state index is 0.126. The standard InChI is InChI=1S/C6H13NO2/c1-6(2)4-3-5(8)7(6)9/h5,8-9H,3-4H2,1-2H3/p+1. The van der Waals surface area contributed by atoms with Crippen LogP contribution in [0.5, 0.6) is 0 Å². The number of aliphatic hydroxyl groups is 1. The van der Waals surface area contributed by atoms with Crippen LogP contribution in [-0.2, 0) is 0 Å². The fourth-order valence-electron chi connectivity index (χ4n) is 1.14. The van der Waals surface area contributed by atoms with Crippen LogP contribution in [0.25, 0.3) is 0 Å². The molecule has 0 amide bonds. The molecule has 9 heavy (non-hydrogen) atoms. The van der Waals surface area contributed by atoms with Crippen molar-refractivity contribution in [2.24, 2.45) is 0 Å². The SMILES string of the molecule is CC1(C)CCC(O)N1[OH2+]. The summed E-state index contributed by atoms with van der Waals surface area (Å²) in [7, 11) is 0. The fraction of sp³-hybridized carbons (Fsp3) is 1.00. The molecular weight excluding hydrogens is 118 g/mol. The van der Waals surface area contributed by atoms with Crippen molar-refractivity contribution in [3.8, 4) is 0 Å². The van der Waals surface area contributed by atoms with Crippen LogP contribution in [0.2, 0.25) is 0 Å². The lowest BCUT2D eigenvalue weighted by molar-refractivity contribution is -0.217. The van der Waals surface area contributed by atoms with Crippen molar-refractivity contribution < 1.29 is 10.3 Å². The normalized spacial score (nSPS) is 35.3. The van der Waals surface area contributed by atoms with Gasteiger partial charge in [0, 0.05) is 0 Å². The Hall–Kier alpha value is -0.120. The molecule has 3 N–H and O–H groups in total. The number of hydrogen-bond donors (Lipinski definition) is 1. The maximum Gasteiger partial charge on any atom is 0.172 e. The zero-order valence-electron chi connectivity index (χ0n) is 5.89. The topological polar surface area (TPSA) is 46.4 Å². The van der Waals surface area contributed by atoms with Gasteiger partial charge >= 0.3 is 0 Å². The van der Waals surface area contributed by atoms with Crippen LogP contribution in [0.1, 0.15) is 26.7 Å². The van der Waals surface area contributed by atoms with E-state index in [4.69, 9.17) is 10.3 Å². The summed E-state index contributed by atoms with van der Waals surface area (Å²) in [6.07, 6.45) is 1.11. The van der Waals surface area contributed by atoms with Gasteiger partial charge < -0.3 is 10.3 Å². The molecule has 0 aromatic heterocycles. The Morgan fingerprint density at radius 2 is 2.22 bits per heavy atom. The smallest absolute Gasteiger partial charge is 0.172 e. The van der Waals surface area contributed by atoms with Gasteiger partial charge in [0.05, 0.1) is 5.54 Å². The molecule has 1 saturated heterocycles. The number of nitrogens with zero attached hydrogens (tertiary/aromatic N) is 1. The average molecular weight is 132 g/mol. The molecule has 1 aliphatic heterocycles. The first-order chi connectivity index (χ1) is 4.04. The van der Waals surface area contributed by atoms with Gasteiger partial charge in [0.2, 0.25) is 0 Å². The third-order valence-electron chi connectivity index (χ3n) is 1.96. The van der Waals surface area contributed by atoms with Crippen molar-refractivity contribution in [1.29, 1.82) is 0 Å². The second-order valence-electron chi connectivity index (χ2n) is 3.20. The molecule has 0 aromatic rings. The van der Waals surface area contributed by atoms with Crippen LogP contribution in [0.3, 0.4) is 0 Å². The summed E-state index contributed by atoms with van der Waals surface area (Å²) in [5.74, 6) is 0. The molecule has 1 fully saturated rings. The highest BCUT2D eigenvalue weighted by atomic mass is 16.5. The maximum absolute atomic E-state index is 9.07. The molecule has 1 unspecified atom stereocenters. The van der Waals surface area contributed by atoms with E-state index < -0.39 is 6.23 Å². The Morgan fingerprint density at radius 3 is 2.33 bits per heavy atom. The molecular formula is C6H14NO2+. The Labute approximate surface area is 54.9 Å². The van der Waals surface area contributed by atoms with Gasteiger partial charge in [-0.2, -0.15) is 0 Å². The molecule has 0 radical (unpaired) electrons. The maximum atomic E-state index is 9.07. The Bertz CT molecular complexity index is 114. The van der Waals surface area contributed by atoms with E-state index in [1.165, 1.54) is 5.06 Å². The first-order valence-electron chi connectivity index (χ1n) is 3.23. The lowest BCUT2D eigenvalue weighted by atomic mass is 10.0. The predicted molar refractivity (Wildman–Crippen MR) is 34.8 cm³/mol. The van der Waals surface area contributed by atoms with Crippen molar-refractivity contribution in [3.05, 3.63) is 0 Å². The number of hydroxylamine groups is 2. The average Bonchev–Trinajstić information content (AvgIpc) is 1.97. The van der Waals surface area contributed by atoms with Crippen molar-refractivity contribution in [2.75, 3.05) is 0 Å². The van der Waals surface area contributed by atoms with Crippen molar-refractivity contribution in [2.45, 2.75) is 38.5 Å². The van der Waals surface area contributed by atoms with Crippen LogP contribution in [-0.4, -0.2) is 27.1 Å². The van der Waals surface area contributed by atoms with E-state index in [9.17, 15) is 0 Å². The highest BCUT2D eigenvalue weighted by Crippen LogP contribution is 2.29. The van der Waals surface area contributed by atoms with E-state index >= 15 is 0 Å². The van der Waals surface area contributed by atoms with Crippen molar-refractivity contribution in [1.82, 2.24) is 5.06 Å². The summed E-state index contributed by atoms with van der Waals surface area (Å²) in [6.45, 7) is 3.94. The van der Waals surface area contributed by atoms with E-state index in [1.807, 2.05) is 13.8 Å². The van der Waals surface area contributed by atoms with E-state index in [-0.39, 0.29) is 5.54 Å². The van der Waals surface area contributed by atoms with E-state index in [0.717, 1.165) is 12.8 Å². The molecule has 0 spiro atoms. The van der Waals surface area contributed by atoms with Gasteiger partial charge in [-0.15, -0.1) is 0 Å². The van der Waals surface area contributed by atoms with Gasteiger partial charge in [0.15, 0.2) is 6.23 Å². The lowest BCUT2D eigenvalue weighted by Gasteiger charge is -2.21. The zero-order chi connectivity index (χ0) is 7.07. The zero-order valence-corrected chi connectivity index (χ0v) is 5.89. The van der Waals surface area contributed by atoms with Crippen LogP contribution < -0.4 is 0 Å². The van der Waals surface area contributed by atoms with Crippen molar-refractivity contribution >= 4 is 0 Å². The van der Waals surface area contributed by atoms with Gasteiger partial charge in [-0.1, -0.05) is 0 Å². The first-order valence-corrected chi connectivity index (χ1v) is 3.23. The monoisotopic (exact) mass is 132 g/mol. The van der Waals surface area contributed by atoms with Crippen LogP contribution >= 0.6 is 0 Å². The molecule has 54 valence electrons. The molecule has 1 atom stereocenters. The molecule has 1 rings (SSSR count). The molecule has 0 aliphatic carbocycles. The van der Waals surface area contributed by atoms with Gasteiger partial charge in [-0.05, 0) is 31.8 Å². The minimum Gasteiger partial charge on any atom is -0.372 e. The molecule has 3 nitrogen and oxygen atoms in total. The second-order valence-corrected chi connectivity index (χ2v) is 3.20. The minimum atomic E-state index is -0.542. The molecule has 0 aromatic carbocycles. The Balaban J connectivity index is 2.62. The first kappa shape index (κ1) is 6.99. The number of rotatable bonds is 0. The van der Waals surface area contributed by atoms with Crippen LogP contribution in [0.15, 0.2) is 0 Å². The van der Waals surface area contributed by atoms with Gasteiger partial charge in [0.1, 0.15) is 0 Å². The molecule has 0 bridgehead atoms. The molecule has 1 heterocycles. The van der Waals surface area contributed by atoms with Crippen LogP contribution in [0.4, 0.5) is 0 Å². The fourth-order valence-corrected chi connectivity index (χ4v) is 1.14. The summed E-state index contributed by atoms with van der Waals surface area (Å²) >= 11 is 0. The van der Waals surface area contributed by atoms with E-state index in [1.54, 1.807) is 0 Å². The summed E-state index contributed by atoms with van der Waals surface area (Å²) in [5, 5.41) is 17.7. The van der Waals surface area contributed by atoms with Gasteiger partial charge in [-0.3, -0.25) is 0 Å². The Kier molecular flexibility index (Phi) is 1.50. The number of hydrogen-bond acceptors (Lipinski definition) is 2. The van der Waals surface area contributed by atoms with Gasteiger partial charge in [-0.25, -0.2) is 0 Å². The predicted octanol–water partition coefficient (Wildman–Crippen LogP) is -0.181. The summed E-state index contributed by atoms with van der Waals surface area (Å²) in [5.41, 5.74) is -0.126. The summed E-state index contributed by atoms with van der Waals surface area (Å²) in [4.78, 5) is 0. The third kappa shape index (κ3) is 1.08.